The first-order chi connectivity index (χ1) is 14.0. The standard InChI is InChI=1S/C19H21N3O6S/c1-2-26-15(23)13-8-29-18(20-13)22-21-14-16(24)27-19(28-17(14)25)11-4-9-3-10(6-11)7-12(19)5-9/h8-12,24H,2-7H2,1H3. The van der Waals surface area contributed by atoms with Crippen molar-refractivity contribution in [3.63, 3.8) is 0 Å². The zero-order chi connectivity index (χ0) is 20.2. The van der Waals surface area contributed by atoms with Crippen molar-refractivity contribution in [1.29, 1.82) is 0 Å². The number of hydrogen-bond donors (Lipinski definition) is 1. The predicted octanol–water partition coefficient (Wildman–Crippen LogP) is 3.86. The van der Waals surface area contributed by atoms with Crippen molar-refractivity contribution < 1.29 is 28.9 Å². The van der Waals surface area contributed by atoms with Crippen LogP contribution in [0, 0.1) is 23.7 Å². The molecule has 1 aromatic heterocycles. The van der Waals surface area contributed by atoms with Gasteiger partial charge in [-0.3, -0.25) is 0 Å². The Morgan fingerprint density at radius 2 is 1.93 bits per heavy atom. The molecule has 0 aromatic carbocycles. The van der Waals surface area contributed by atoms with E-state index in [1.54, 1.807) is 6.92 Å². The van der Waals surface area contributed by atoms with Crippen LogP contribution in [0.25, 0.3) is 0 Å². The first-order valence-electron chi connectivity index (χ1n) is 9.88. The van der Waals surface area contributed by atoms with Crippen LogP contribution < -0.4 is 0 Å². The van der Waals surface area contributed by atoms with Crippen LogP contribution in [0.3, 0.4) is 0 Å². The van der Waals surface area contributed by atoms with Crippen molar-refractivity contribution in [3.05, 3.63) is 22.7 Å². The summed E-state index contributed by atoms with van der Waals surface area (Å²) in [5, 5.41) is 19.7. The van der Waals surface area contributed by atoms with E-state index in [0.29, 0.717) is 11.8 Å². The molecule has 154 valence electrons. The highest BCUT2D eigenvalue weighted by Gasteiger charge is 2.64. The first-order valence-corrected chi connectivity index (χ1v) is 10.8. The molecule has 6 rings (SSSR count). The molecule has 1 aromatic rings. The first kappa shape index (κ1) is 18.5. The third kappa shape index (κ3) is 3.00. The van der Waals surface area contributed by atoms with Crippen LogP contribution >= 0.6 is 11.3 Å². The summed E-state index contributed by atoms with van der Waals surface area (Å²) in [6, 6.07) is 0. The molecule has 0 amide bonds. The van der Waals surface area contributed by atoms with E-state index < -0.39 is 29.4 Å². The minimum atomic E-state index is -1.08. The molecule has 1 spiro atoms. The lowest BCUT2D eigenvalue weighted by Gasteiger charge is -2.59. The molecule has 2 heterocycles. The second kappa shape index (κ2) is 6.79. The monoisotopic (exact) mass is 419 g/mol. The van der Waals surface area contributed by atoms with Crippen LogP contribution in [0.15, 0.2) is 27.3 Å². The number of aliphatic hydroxyl groups is 1. The van der Waals surface area contributed by atoms with E-state index in [4.69, 9.17) is 14.2 Å². The molecule has 4 bridgehead atoms. The van der Waals surface area contributed by atoms with Crippen LogP contribution in [0.2, 0.25) is 0 Å². The minimum absolute atomic E-state index is 0.106. The smallest absolute Gasteiger partial charge is 0.369 e. The highest BCUT2D eigenvalue weighted by molar-refractivity contribution is 7.13. The van der Waals surface area contributed by atoms with Gasteiger partial charge < -0.3 is 19.3 Å². The SMILES string of the molecule is CCOC(=O)c1csc(N=NC2=C(O)OC3(OC2=O)C2CC4CC(C2)CC3C4)n1. The molecule has 0 radical (unpaired) electrons. The van der Waals surface area contributed by atoms with Gasteiger partial charge in [-0.25, -0.2) is 14.6 Å². The van der Waals surface area contributed by atoms with Crippen molar-refractivity contribution in [3.8, 4) is 0 Å². The Balaban J connectivity index is 1.36. The van der Waals surface area contributed by atoms with E-state index in [1.807, 2.05) is 0 Å². The number of rotatable bonds is 4. The second-order valence-electron chi connectivity index (χ2n) is 8.11. The largest absolute Gasteiger partial charge is 0.479 e. The van der Waals surface area contributed by atoms with E-state index in [1.165, 1.54) is 11.8 Å². The van der Waals surface area contributed by atoms with E-state index in [-0.39, 0.29) is 29.3 Å². The summed E-state index contributed by atoms with van der Waals surface area (Å²) in [5.41, 5.74) is -0.281. The van der Waals surface area contributed by atoms with Gasteiger partial charge in [-0.2, -0.15) is 0 Å². The molecule has 0 saturated heterocycles. The number of esters is 2. The van der Waals surface area contributed by atoms with E-state index in [2.05, 4.69) is 15.2 Å². The lowest BCUT2D eigenvalue weighted by molar-refractivity contribution is -0.325. The van der Waals surface area contributed by atoms with Crippen molar-refractivity contribution in [2.24, 2.45) is 33.9 Å². The fourth-order valence-corrected chi connectivity index (χ4v) is 6.07. The fourth-order valence-electron chi connectivity index (χ4n) is 5.46. The molecule has 29 heavy (non-hydrogen) atoms. The molecule has 0 unspecified atom stereocenters. The molecule has 4 saturated carbocycles. The van der Waals surface area contributed by atoms with Crippen molar-refractivity contribution in [2.45, 2.75) is 44.8 Å². The lowest BCUT2D eigenvalue weighted by atomic mass is 9.53. The lowest BCUT2D eigenvalue weighted by Crippen LogP contribution is -2.62. The third-order valence-electron chi connectivity index (χ3n) is 6.39. The molecule has 9 nitrogen and oxygen atoms in total. The summed E-state index contributed by atoms with van der Waals surface area (Å²) in [6.07, 6.45) is 5.08. The second-order valence-corrected chi connectivity index (χ2v) is 8.94. The van der Waals surface area contributed by atoms with Gasteiger partial charge >= 0.3 is 17.9 Å². The number of azo groups is 1. The van der Waals surface area contributed by atoms with Crippen LogP contribution in [-0.4, -0.2) is 34.4 Å². The molecule has 1 N–H and O–H groups in total. The number of carbonyl (C=O) groups excluding carboxylic acids is 2. The van der Waals surface area contributed by atoms with Gasteiger partial charge in [0.25, 0.3) is 11.5 Å². The quantitative estimate of drug-likeness (QED) is 0.581. The van der Waals surface area contributed by atoms with Crippen LogP contribution in [0.1, 0.15) is 49.5 Å². The molecular formula is C19H21N3O6S. The Kier molecular flexibility index (Phi) is 4.34. The number of aliphatic hydroxyl groups excluding tert-OH is 1. The van der Waals surface area contributed by atoms with Crippen molar-refractivity contribution in [2.75, 3.05) is 6.61 Å². The molecule has 4 fully saturated rings. The van der Waals surface area contributed by atoms with Gasteiger partial charge in [0.15, 0.2) is 5.69 Å². The van der Waals surface area contributed by atoms with Gasteiger partial charge in [0.2, 0.25) is 5.13 Å². The number of thiazole rings is 1. The molecule has 0 atom stereocenters. The van der Waals surface area contributed by atoms with Crippen LogP contribution in [0.4, 0.5) is 5.13 Å². The zero-order valence-corrected chi connectivity index (χ0v) is 16.7. The number of carbonyl (C=O) groups is 2. The number of hydrogen-bond acceptors (Lipinski definition) is 10. The van der Waals surface area contributed by atoms with Gasteiger partial charge in [-0.05, 0) is 50.9 Å². The Labute approximate surface area is 170 Å². The Morgan fingerprint density at radius 3 is 2.55 bits per heavy atom. The van der Waals surface area contributed by atoms with Crippen molar-refractivity contribution >= 4 is 28.4 Å². The summed E-state index contributed by atoms with van der Waals surface area (Å²) in [7, 11) is 0. The Hall–Kier alpha value is -2.49. The fraction of sp³-hybridized carbons (Fsp3) is 0.632. The third-order valence-corrected chi connectivity index (χ3v) is 7.12. The number of ether oxygens (including phenoxy) is 3. The van der Waals surface area contributed by atoms with Gasteiger partial charge in [0.05, 0.1) is 6.61 Å². The van der Waals surface area contributed by atoms with Crippen LogP contribution in [0.5, 0.6) is 0 Å². The molecule has 4 aliphatic carbocycles. The van der Waals surface area contributed by atoms with Crippen molar-refractivity contribution in [1.82, 2.24) is 4.98 Å². The normalized spacial score (nSPS) is 35.3. The zero-order valence-electron chi connectivity index (χ0n) is 15.9. The predicted molar refractivity (Wildman–Crippen MR) is 99.2 cm³/mol. The van der Waals surface area contributed by atoms with Crippen LogP contribution in [-0.2, 0) is 19.0 Å². The van der Waals surface area contributed by atoms with Gasteiger partial charge in [-0.1, -0.05) is 0 Å². The maximum Gasteiger partial charge on any atom is 0.369 e. The Morgan fingerprint density at radius 1 is 1.24 bits per heavy atom. The van der Waals surface area contributed by atoms with Gasteiger partial charge in [0, 0.05) is 17.2 Å². The summed E-state index contributed by atoms with van der Waals surface area (Å²) in [5.74, 6) is -1.40. The highest BCUT2D eigenvalue weighted by atomic mass is 32.1. The summed E-state index contributed by atoms with van der Waals surface area (Å²) in [6.45, 7) is 1.94. The average Bonchev–Trinajstić information content (AvgIpc) is 3.14. The maximum atomic E-state index is 12.7. The summed E-state index contributed by atoms with van der Waals surface area (Å²) in [4.78, 5) is 28.3. The summed E-state index contributed by atoms with van der Waals surface area (Å²) >= 11 is 1.07. The number of aromatic nitrogens is 1. The number of nitrogens with zero attached hydrogens (tertiary/aromatic N) is 3. The minimum Gasteiger partial charge on any atom is -0.479 e. The van der Waals surface area contributed by atoms with E-state index >= 15 is 0 Å². The maximum absolute atomic E-state index is 12.7. The molecule has 5 aliphatic rings. The van der Waals surface area contributed by atoms with Gasteiger partial charge in [0.1, 0.15) is 0 Å². The topological polar surface area (TPSA) is 120 Å². The Bertz CT molecular complexity index is 895. The highest BCUT2D eigenvalue weighted by Crippen LogP contribution is 2.61. The van der Waals surface area contributed by atoms with E-state index in [0.717, 1.165) is 37.0 Å². The van der Waals surface area contributed by atoms with Gasteiger partial charge in [-0.15, -0.1) is 21.6 Å². The van der Waals surface area contributed by atoms with E-state index in [9.17, 15) is 14.7 Å². The average molecular weight is 419 g/mol. The summed E-state index contributed by atoms with van der Waals surface area (Å²) < 4.78 is 16.5. The molecule has 10 heteroatoms. The molecule has 1 aliphatic heterocycles. The molecular weight excluding hydrogens is 398 g/mol.